The van der Waals surface area contributed by atoms with Crippen molar-refractivity contribution < 1.29 is 4.79 Å². The highest BCUT2D eigenvalue weighted by Crippen LogP contribution is 2.56. The molecule has 0 saturated heterocycles. The van der Waals surface area contributed by atoms with E-state index in [9.17, 15) is 4.79 Å². The third-order valence-electron chi connectivity index (χ3n) is 5.55. The monoisotopic (exact) mass is 269 g/mol. The number of nitrogens with one attached hydrogen (secondary N) is 1. The lowest BCUT2D eigenvalue weighted by molar-refractivity contribution is -0.138. The van der Waals surface area contributed by atoms with Crippen LogP contribution >= 0.6 is 11.6 Å². The van der Waals surface area contributed by atoms with Crippen LogP contribution in [-0.2, 0) is 4.79 Å². The maximum absolute atomic E-state index is 12.5. The first-order valence-corrected chi connectivity index (χ1v) is 8.11. The summed E-state index contributed by atoms with van der Waals surface area (Å²) in [7, 11) is 0. The van der Waals surface area contributed by atoms with E-state index in [0.29, 0.717) is 29.5 Å². The van der Waals surface area contributed by atoms with Gasteiger partial charge in [0.25, 0.3) is 0 Å². The van der Waals surface area contributed by atoms with Gasteiger partial charge in [0.1, 0.15) is 0 Å². The standard InChI is InChI=1S/C15H24ClNO/c1-2-13(8-16)17-15(18)14-11-4-9-3-10(6-11)7-12(14)5-9/h9-14H,2-8H2,1H3,(H,17,18). The fraction of sp³-hybridized carbons (Fsp3) is 0.933. The van der Waals surface area contributed by atoms with Crippen molar-refractivity contribution in [1.29, 1.82) is 0 Å². The Morgan fingerprint density at radius 1 is 1.17 bits per heavy atom. The SMILES string of the molecule is CCC(CCl)NC(=O)C1C2CC3CC(C2)CC1C3. The molecule has 1 atom stereocenters. The highest BCUT2D eigenvalue weighted by molar-refractivity contribution is 6.18. The van der Waals surface area contributed by atoms with E-state index >= 15 is 0 Å². The van der Waals surface area contributed by atoms with Crippen LogP contribution in [0.3, 0.4) is 0 Å². The van der Waals surface area contributed by atoms with Crippen LogP contribution < -0.4 is 5.32 Å². The lowest BCUT2D eigenvalue weighted by Gasteiger charge is -2.53. The molecule has 4 fully saturated rings. The van der Waals surface area contributed by atoms with Crippen LogP contribution in [0.5, 0.6) is 0 Å². The Morgan fingerprint density at radius 2 is 1.72 bits per heavy atom. The molecule has 18 heavy (non-hydrogen) atoms. The molecule has 0 heterocycles. The van der Waals surface area contributed by atoms with E-state index in [1.54, 1.807) is 0 Å². The van der Waals surface area contributed by atoms with Gasteiger partial charge >= 0.3 is 0 Å². The lowest BCUT2D eigenvalue weighted by atomic mass is 9.51. The largest absolute Gasteiger partial charge is 0.352 e. The number of halogens is 1. The summed E-state index contributed by atoms with van der Waals surface area (Å²) in [5.41, 5.74) is 0. The summed E-state index contributed by atoms with van der Waals surface area (Å²) in [6.07, 6.45) is 7.61. The minimum atomic E-state index is 0.163. The summed E-state index contributed by atoms with van der Waals surface area (Å²) < 4.78 is 0. The Labute approximate surface area is 115 Å². The van der Waals surface area contributed by atoms with Crippen molar-refractivity contribution in [1.82, 2.24) is 5.32 Å². The van der Waals surface area contributed by atoms with E-state index in [0.717, 1.165) is 18.3 Å². The van der Waals surface area contributed by atoms with Crippen molar-refractivity contribution in [3.63, 3.8) is 0 Å². The average molecular weight is 270 g/mol. The highest BCUT2D eigenvalue weighted by Gasteiger charge is 2.50. The van der Waals surface area contributed by atoms with E-state index in [1.165, 1.54) is 32.1 Å². The number of alkyl halides is 1. The second-order valence-electron chi connectivity index (χ2n) is 6.72. The lowest BCUT2D eigenvalue weighted by Crippen LogP contribution is -2.52. The molecular weight excluding hydrogens is 246 g/mol. The minimum Gasteiger partial charge on any atom is -0.352 e. The van der Waals surface area contributed by atoms with Crippen LogP contribution in [0.2, 0.25) is 0 Å². The zero-order chi connectivity index (χ0) is 12.7. The molecule has 4 aliphatic carbocycles. The van der Waals surface area contributed by atoms with E-state index in [4.69, 9.17) is 11.6 Å². The molecule has 102 valence electrons. The van der Waals surface area contributed by atoms with Crippen molar-refractivity contribution in [2.24, 2.45) is 29.6 Å². The summed E-state index contributed by atoms with van der Waals surface area (Å²) >= 11 is 5.89. The summed E-state index contributed by atoms with van der Waals surface area (Å²) in [4.78, 5) is 12.5. The van der Waals surface area contributed by atoms with Crippen LogP contribution in [0.25, 0.3) is 0 Å². The van der Waals surface area contributed by atoms with E-state index in [1.807, 2.05) is 0 Å². The number of hydrogen-bond donors (Lipinski definition) is 1. The Bertz CT molecular complexity index is 298. The highest BCUT2D eigenvalue weighted by atomic mass is 35.5. The fourth-order valence-corrected chi connectivity index (χ4v) is 5.20. The number of hydrogen-bond acceptors (Lipinski definition) is 1. The van der Waals surface area contributed by atoms with E-state index < -0.39 is 0 Å². The molecular formula is C15H24ClNO. The Balaban J connectivity index is 1.67. The minimum absolute atomic E-state index is 0.163. The van der Waals surface area contributed by atoms with Gasteiger partial charge in [-0.3, -0.25) is 4.79 Å². The molecule has 3 heteroatoms. The number of amides is 1. The van der Waals surface area contributed by atoms with Gasteiger partial charge in [0.2, 0.25) is 5.91 Å². The second-order valence-corrected chi connectivity index (χ2v) is 7.03. The number of carbonyl (C=O) groups is 1. The van der Waals surface area contributed by atoms with E-state index in [2.05, 4.69) is 12.2 Å². The molecule has 0 aromatic carbocycles. The molecule has 4 bridgehead atoms. The summed E-state index contributed by atoms with van der Waals surface area (Å²) in [6, 6.07) is 0.163. The maximum atomic E-state index is 12.5. The second kappa shape index (κ2) is 5.03. The van der Waals surface area contributed by atoms with Gasteiger partial charge in [-0.2, -0.15) is 0 Å². The van der Waals surface area contributed by atoms with Crippen molar-refractivity contribution >= 4 is 17.5 Å². The smallest absolute Gasteiger partial charge is 0.223 e. The van der Waals surface area contributed by atoms with Gasteiger partial charge in [-0.1, -0.05) is 6.92 Å². The van der Waals surface area contributed by atoms with Crippen LogP contribution in [0, 0.1) is 29.6 Å². The topological polar surface area (TPSA) is 29.1 Å². The average Bonchev–Trinajstić information content (AvgIpc) is 2.34. The number of rotatable bonds is 4. The van der Waals surface area contributed by atoms with Gasteiger partial charge in [0.15, 0.2) is 0 Å². The molecule has 1 unspecified atom stereocenters. The molecule has 0 spiro atoms. The summed E-state index contributed by atoms with van der Waals surface area (Å²) in [5.74, 6) is 4.36. The molecule has 0 aromatic rings. The molecule has 0 radical (unpaired) electrons. The van der Waals surface area contributed by atoms with Crippen LogP contribution in [0.1, 0.15) is 45.4 Å². The Morgan fingerprint density at radius 3 is 2.17 bits per heavy atom. The van der Waals surface area contributed by atoms with Crippen LogP contribution in [-0.4, -0.2) is 17.8 Å². The van der Waals surface area contributed by atoms with Crippen molar-refractivity contribution in [2.75, 3.05) is 5.88 Å². The van der Waals surface area contributed by atoms with Crippen molar-refractivity contribution in [3.8, 4) is 0 Å². The zero-order valence-electron chi connectivity index (χ0n) is 11.2. The van der Waals surface area contributed by atoms with Gasteiger partial charge in [0, 0.05) is 17.8 Å². The van der Waals surface area contributed by atoms with Gasteiger partial charge in [-0.15, -0.1) is 11.6 Å². The van der Waals surface area contributed by atoms with Gasteiger partial charge in [0.05, 0.1) is 0 Å². The molecule has 1 amide bonds. The molecule has 2 nitrogen and oxygen atoms in total. The van der Waals surface area contributed by atoms with Gasteiger partial charge in [-0.25, -0.2) is 0 Å². The van der Waals surface area contributed by atoms with Crippen molar-refractivity contribution in [2.45, 2.75) is 51.5 Å². The Hall–Kier alpha value is -0.240. The summed E-state index contributed by atoms with van der Waals surface area (Å²) in [5, 5.41) is 3.17. The molecule has 0 aromatic heterocycles. The normalized spacial score (nSPS) is 42.9. The van der Waals surface area contributed by atoms with Gasteiger partial charge < -0.3 is 5.32 Å². The molecule has 0 aliphatic heterocycles. The first-order chi connectivity index (χ1) is 8.71. The quantitative estimate of drug-likeness (QED) is 0.781. The van der Waals surface area contributed by atoms with Crippen LogP contribution in [0.15, 0.2) is 0 Å². The predicted octanol–water partition coefficient (Wildman–Crippen LogP) is 3.19. The number of carbonyl (C=O) groups excluding carboxylic acids is 1. The molecule has 1 N–H and O–H groups in total. The maximum Gasteiger partial charge on any atom is 0.223 e. The van der Waals surface area contributed by atoms with Crippen LogP contribution in [0.4, 0.5) is 0 Å². The summed E-state index contributed by atoms with van der Waals surface area (Å²) in [6.45, 7) is 2.09. The van der Waals surface area contributed by atoms with E-state index in [-0.39, 0.29) is 6.04 Å². The molecule has 4 saturated carbocycles. The van der Waals surface area contributed by atoms with Crippen molar-refractivity contribution in [3.05, 3.63) is 0 Å². The predicted molar refractivity (Wildman–Crippen MR) is 73.5 cm³/mol. The first kappa shape index (κ1) is 12.8. The Kier molecular flexibility index (Phi) is 3.57. The molecule has 4 rings (SSSR count). The molecule has 4 aliphatic rings. The fourth-order valence-electron chi connectivity index (χ4n) is 4.90. The third kappa shape index (κ3) is 2.17. The first-order valence-electron chi connectivity index (χ1n) is 7.57. The third-order valence-corrected chi connectivity index (χ3v) is 5.93. The zero-order valence-corrected chi connectivity index (χ0v) is 12.0. The van der Waals surface area contributed by atoms with Gasteiger partial charge in [-0.05, 0) is 62.2 Å².